The van der Waals surface area contributed by atoms with Crippen LogP contribution in [0.2, 0.25) is 0 Å². The third kappa shape index (κ3) is 5.51. The molecule has 0 spiro atoms. The molecule has 0 aliphatic heterocycles. The molecule has 0 bridgehead atoms. The molecule has 0 aromatic heterocycles. The molecule has 0 fully saturated rings. The van der Waals surface area contributed by atoms with Crippen LogP contribution in [0, 0.1) is 41.5 Å². The van der Waals surface area contributed by atoms with E-state index in [0.717, 1.165) is 27.2 Å². The summed E-state index contributed by atoms with van der Waals surface area (Å²) in [5, 5.41) is 0. The van der Waals surface area contributed by atoms with Crippen molar-refractivity contribution in [3.63, 3.8) is 0 Å². The van der Waals surface area contributed by atoms with E-state index in [-0.39, 0.29) is 0 Å². The molecule has 0 unspecified atom stereocenters. The smallest absolute Gasteiger partial charge is 0.0520 e. The molecule has 0 heterocycles. The number of halogens is 1. The molecule has 5 rings (SSSR count). The van der Waals surface area contributed by atoms with E-state index < -0.39 is 0 Å². The topological polar surface area (TPSA) is 6.48 Å². The molecular weight excluding hydrogens is 540 g/mol. The predicted molar refractivity (Wildman–Crippen MR) is 172 cm³/mol. The van der Waals surface area contributed by atoms with Crippen LogP contribution in [0.5, 0.6) is 0 Å². The van der Waals surface area contributed by atoms with Crippen molar-refractivity contribution in [2.45, 2.75) is 41.5 Å². The highest BCUT2D eigenvalue weighted by atomic mass is 79.9. The van der Waals surface area contributed by atoms with Crippen LogP contribution in [0.1, 0.15) is 33.4 Å². The van der Waals surface area contributed by atoms with Crippen molar-refractivity contribution in [3.8, 4) is 0 Å². The minimum Gasteiger partial charge on any atom is -0.310 e. The largest absolute Gasteiger partial charge is 0.310 e. The first kappa shape index (κ1) is 26.8. The number of hydrogen-bond donors (Lipinski definition) is 0. The molecule has 0 N–H and O–H groups in total. The quantitative estimate of drug-likeness (QED) is 0.199. The standard InChI is InChI=1S/C36H35BrN2/c1-24-20-26(3)35(27(4)21-24)38(31-10-8-7-9-11-31)33-16-18-34(19-17-33)39(32-14-12-30(37)13-15-32)36-28(5)22-25(2)23-29(36)6/h7-23H,1-6H3. The zero-order valence-corrected chi connectivity index (χ0v) is 25.2. The fourth-order valence-electron chi connectivity index (χ4n) is 5.78. The lowest BCUT2D eigenvalue weighted by molar-refractivity contribution is 1.19. The van der Waals surface area contributed by atoms with Gasteiger partial charge in [-0.2, -0.15) is 0 Å². The van der Waals surface area contributed by atoms with Gasteiger partial charge in [0.15, 0.2) is 0 Å². The summed E-state index contributed by atoms with van der Waals surface area (Å²) in [6, 6.07) is 37.2. The van der Waals surface area contributed by atoms with Crippen LogP contribution >= 0.6 is 15.9 Å². The van der Waals surface area contributed by atoms with Gasteiger partial charge in [-0.3, -0.25) is 0 Å². The highest BCUT2D eigenvalue weighted by Gasteiger charge is 2.20. The summed E-state index contributed by atoms with van der Waals surface area (Å²) in [7, 11) is 0. The summed E-state index contributed by atoms with van der Waals surface area (Å²) in [5.41, 5.74) is 14.6. The molecule has 3 heteroatoms. The minimum absolute atomic E-state index is 1.07. The predicted octanol–water partition coefficient (Wildman–Crippen LogP) is 11.2. The second-order valence-electron chi connectivity index (χ2n) is 10.5. The van der Waals surface area contributed by atoms with Crippen LogP contribution in [-0.2, 0) is 0 Å². The van der Waals surface area contributed by atoms with Crippen LogP contribution in [0.3, 0.4) is 0 Å². The van der Waals surface area contributed by atoms with Crippen molar-refractivity contribution in [1.82, 2.24) is 0 Å². The van der Waals surface area contributed by atoms with Crippen LogP contribution in [-0.4, -0.2) is 0 Å². The number of nitrogens with zero attached hydrogens (tertiary/aromatic N) is 2. The third-order valence-electron chi connectivity index (χ3n) is 7.18. The fraction of sp³-hybridized carbons (Fsp3) is 0.167. The Bertz CT molecular complexity index is 1560. The second-order valence-corrected chi connectivity index (χ2v) is 11.4. The maximum Gasteiger partial charge on any atom is 0.0520 e. The summed E-state index contributed by atoms with van der Waals surface area (Å²) in [5.74, 6) is 0. The Morgan fingerprint density at radius 3 is 1.08 bits per heavy atom. The number of anilines is 6. The first-order valence-electron chi connectivity index (χ1n) is 13.4. The van der Waals surface area contributed by atoms with Gasteiger partial charge in [-0.1, -0.05) is 69.5 Å². The molecule has 5 aromatic rings. The van der Waals surface area contributed by atoms with Crippen LogP contribution in [0.4, 0.5) is 34.1 Å². The number of para-hydroxylation sites is 1. The molecule has 0 saturated carbocycles. The van der Waals surface area contributed by atoms with E-state index in [1.165, 1.54) is 44.8 Å². The number of hydrogen-bond acceptors (Lipinski definition) is 2. The van der Waals surface area contributed by atoms with Gasteiger partial charge >= 0.3 is 0 Å². The summed E-state index contributed by atoms with van der Waals surface area (Å²) in [4.78, 5) is 4.75. The van der Waals surface area contributed by atoms with Crippen molar-refractivity contribution < 1.29 is 0 Å². The Morgan fingerprint density at radius 2 is 0.718 bits per heavy atom. The van der Waals surface area contributed by atoms with Crippen molar-refractivity contribution >= 4 is 50.1 Å². The van der Waals surface area contributed by atoms with E-state index in [2.05, 4.69) is 170 Å². The Balaban J connectivity index is 1.66. The van der Waals surface area contributed by atoms with E-state index >= 15 is 0 Å². The van der Waals surface area contributed by atoms with Gasteiger partial charge in [0.2, 0.25) is 0 Å². The molecule has 0 aliphatic rings. The normalized spacial score (nSPS) is 10.9. The Labute approximate surface area is 241 Å². The van der Waals surface area contributed by atoms with E-state index in [0.29, 0.717) is 0 Å². The molecule has 0 amide bonds. The highest BCUT2D eigenvalue weighted by molar-refractivity contribution is 9.10. The van der Waals surface area contributed by atoms with Crippen molar-refractivity contribution in [3.05, 3.63) is 141 Å². The van der Waals surface area contributed by atoms with Gasteiger partial charge in [0.1, 0.15) is 0 Å². The molecule has 0 radical (unpaired) electrons. The first-order chi connectivity index (χ1) is 18.7. The van der Waals surface area contributed by atoms with Crippen molar-refractivity contribution in [2.75, 3.05) is 9.80 Å². The van der Waals surface area contributed by atoms with Gasteiger partial charge in [-0.05, 0) is 124 Å². The van der Waals surface area contributed by atoms with Gasteiger partial charge in [0.05, 0.1) is 11.4 Å². The van der Waals surface area contributed by atoms with Crippen LogP contribution in [0.15, 0.2) is 108 Å². The molecule has 0 atom stereocenters. The molecule has 0 aliphatic carbocycles. The van der Waals surface area contributed by atoms with Gasteiger partial charge in [0, 0.05) is 27.2 Å². The monoisotopic (exact) mass is 574 g/mol. The summed E-state index contributed by atoms with van der Waals surface area (Å²) in [6.07, 6.45) is 0. The van der Waals surface area contributed by atoms with Crippen molar-refractivity contribution in [1.29, 1.82) is 0 Å². The lowest BCUT2D eigenvalue weighted by Crippen LogP contribution is -2.15. The lowest BCUT2D eigenvalue weighted by atomic mass is 10.0. The first-order valence-corrected chi connectivity index (χ1v) is 14.2. The molecule has 39 heavy (non-hydrogen) atoms. The molecular formula is C36H35BrN2. The number of aryl methyl sites for hydroxylation is 6. The zero-order chi connectivity index (χ0) is 27.7. The summed E-state index contributed by atoms with van der Waals surface area (Å²) in [6.45, 7) is 13.1. The highest BCUT2D eigenvalue weighted by Crippen LogP contribution is 2.43. The van der Waals surface area contributed by atoms with Gasteiger partial charge < -0.3 is 9.80 Å². The molecule has 196 valence electrons. The van der Waals surface area contributed by atoms with Crippen molar-refractivity contribution in [2.24, 2.45) is 0 Å². The van der Waals surface area contributed by atoms with Crippen LogP contribution < -0.4 is 9.80 Å². The van der Waals surface area contributed by atoms with E-state index in [1.54, 1.807) is 0 Å². The second kappa shape index (κ2) is 11.1. The third-order valence-corrected chi connectivity index (χ3v) is 7.71. The van der Waals surface area contributed by atoms with E-state index in [1.807, 2.05) is 0 Å². The Kier molecular flexibility index (Phi) is 7.63. The maximum atomic E-state index is 3.61. The average molecular weight is 576 g/mol. The van der Waals surface area contributed by atoms with E-state index in [9.17, 15) is 0 Å². The SMILES string of the molecule is Cc1cc(C)c(N(c2ccccc2)c2ccc(N(c3ccc(Br)cc3)c3c(C)cc(C)cc3C)cc2)c(C)c1. The van der Waals surface area contributed by atoms with Crippen LogP contribution in [0.25, 0.3) is 0 Å². The zero-order valence-electron chi connectivity index (χ0n) is 23.6. The maximum absolute atomic E-state index is 3.61. The summed E-state index contributed by atoms with van der Waals surface area (Å²) < 4.78 is 1.07. The molecule has 2 nitrogen and oxygen atoms in total. The van der Waals surface area contributed by atoms with Gasteiger partial charge in [-0.25, -0.2) is 0 Å². The van der Waals surface area contributed by atoms with Gasteiger partial charge in [-0.15, -0.1) is 0 Å². The van der Waals surface area contributed by atoms with Gasteiger partial charge in [0.25, 0.3) is 0 Å². The number of rotatable bonds is 6. The number of benzene rings is 5. The fourth-order valence-corrected chi connectivity index (χ4v) is 6.05. The lowest BCUT2D eigenvalue weighted by Gasteiger charge is -2.31. The average Bonchev–Trinajstić information content (AvgIpc) is 2.89. The van der Waals surface area contributed by atoms with E-state index in [4.69, 9.17) is 0 Å². The Hall–Kier alpha value is -3.82. The molecule has 0 saturated heterocycles. The molecule has 5 aromatic carbocycles. The summed E-state index contributed by atoms with van der Waals surface area (Å²) >= 11 is 3.61. The minimum atomic E-state index is 1.07. The Morgan fingerprint density at radius 1 is 0.410 bits per heavy atom.